The third kappa shape index (κ3) is 2.58. The Morgan fingerprint density at radius 3 is 2.70 bits per heavy atom. The molecule has 1 fully saturated rings. The van der Waals surface area contributed by atoms with E-state index in [1.807, 2.05) is 6.07 Å². The summed E-state index contributed by atoms with van der Waals surface area (Å²) in [5, 5.41) is 1.21. The molecule has 1 unspecified atom stereocenters. The molecule has 1 saturated heterocycles. The van der Waals surface area contributed by atoms with Gasteiger partial charge in [0.05, 0.1) is 18.7 Å². The Hall–Kier alpha value is -1.72. The summed E-state index contributed by atoms with van der Waals surface area (Å²) in [6, 6.07) is 6.73. The summed E-state index contributed by atoms with van der Waals surface area (Å²) in [7, 11) is 3.90. The Morgan fingerprint density at radius 1 is 1.17 bits per heavy atom. The zero-order chi connectivity index (χ0) is 16.0. The Bertz CT molecular complexity index is 717. The first kappa shape index (κ1) is 14.8. The highest BCUT2D eigenvalue weighted by Crippen LogP contribution is 2.39. The van der Waals surface area contributed by atoms with Crippen LogP contribution in [0.25, 0.3) is 10.9 Å². The molecule has 0 aliphatic carbocycles. The summed E-state index contributed by atoms with van der Waals surface area (Å²) < 4.78 is 13.9. The van der Waals surface area contributed by atoms with E-state index in [0.717, 1.165) is 50.8 Å². The molecule has 5 nitrogen and oxygen atoms in total. The largest absolute Gasteiger partial charge is 0.497 e. The SMILES string of the molecule is COc1cc2c3c(c1)cc(C)n3C(CN1CCN(C)CC1)CO2. The number of nitrogens with zero attached hydrogens (tertiary/aromatic N) is 3. The molecular weight excluding hydrogens is 290 g/mol. The number of rotatable bonds is 3. The van der Waals surface area contributed by atoms with Crippen LogP contribution < -0.4 is 9.47 Å². The number of piperazine rings is 1. The Labute approximate surface area is 137 Å². The third-order valence-corrected chi connectivity index (χ3v) is 5.16. The Kier molecular flexibility index (Phi) is 3.70. The van der Waals surface area contributed by atoms with Gasteiger partial charge in [0.25, 0.3) is 0 Å². The van der Waals surface area contributed by atoms with E-state index in [4.69, 9.17) is 9.47 Å². The van der Waals surface area contributed by atoms with Crippen molar-refractivity contribution < 1.29 is 9.47 Å². The summed E-state index contributed by atoms with van der Waals surface area (Å²) in [4.78, 5) is 4.96. The van der Waals surface area contributed by atoms with Gasteiger partial charge in [0.15, 0.2) is 0 Å². The summed E-state index contributed by atoms with van der Waals surface area (Å²) in [6.45, 7) is 8.58. The second kappa shape index (κ2) is 5.73. The van der Waals surface area contributed by atoms with Crippen LogP contribution in [0.4, 0.5) is 0 Å². The standard InChI is InChI=1S/C18H25N3O2/c1-13-8-14-9-16(22-3)10-17-18(14)21(13)15(12-23-17)11-20-6-4-19(2)5-7-20/h8-10,15H,4-7,11-12H2,1-3H3. The van der Waals surface area contributed by atoms with Gasteiger partial charge in [-0.05, 0) is 26.1 Å². The fraction of sp³-hybridized carbons (Fsp3) is 0.556. The van der Waals surface area contributed by atoms with Crippen LogP contribution in [0.1, 0.15) is 11.7 Å². The number of hydrogen-bond donors (Lipinski definition) is 0. The molecule has 124 valence electrons. The molecule has 2 aliphatic rings. The molecule has 3 heterocycles. The Balaban J connectivity index is 1.65. The van der Waals surface area contributed by atoms with Crippen LogP contribution in [-0.2, 0) is 0 Å². The molecule has 0 amide bonds. The first-order valence-corrected chi connectivity index (χ1v) is 8.39. The minimum Gasteiger partial charge on any atom is -0.497 e. The molecule has 0 bridgehead atoms. The zero-order valence-corrected chi connectivity index (χ0v) is 14.2. The van der Waals surface area contributed by atoms with E-state index in [-0.39, 0.29) is 0 Å². The summed E-state index contributed by atoms with van der Waals surface area (Å²) in [6.07, 6.45) is 0. The maximum Gasteiger partial charge on any atom is 0.147 e. The van der Waals surface area contributed by atoms with Gasteiger partial charge in [-0.2, -0.15) is 0 Å². The van der Waals surface area contributed by atoms with Crippen molar-refractivity contribution in [1.82, 2.24) is 14.4 Å². The van der Waals surface area contributed by atoms with Crippen LogP contribution in [0.3, 0.4) is 0 Å². The van der Waals surface area contributed by atoms with Crippen LogP contribution in [0.2, 0.25) is 0 Å². The number of likely N-dealkylation sites (N-methyl/N-ethyl adjacent to an activating group) is 1. The lowest BCUT2D eigenvalue weighted by molar-refractivity contribution is 0.117. The van der Waals surface area contributed by atoms with E-state index in [9.17, 15) is 0 Å². The predicted octanol–water partition coefficient (Wildman–Crippen LogP) is 2.14. The minimum absolute atomic E-state index is 0.386. The monoisotopic (exact) mass is 315 g/mol. The molecule has 4 rings (SSSR count). The molecule has 1 atom stereocenters. The van der Waals surface area contributed by atoms with Gasteiger partial charge >= 0.3 is 0 Å². The quantitative estimate of drug-likeness (QED) is 0.868. The molecule has 0 saturated carbocycles. The van der Waals surface area contributed by atoms with Crippen LogP contribution >= 0.6 is 0 Å². The van der Waals surface area contributed by atoms with Crippen molar-refractivity contribution >= 4 is 10.9 Å². The number of hydrogen-bond acceptors (Lipinski definition) is 4. The van der Waals surface area contributed by atoms with E-state index in [0.29, 0.717) is 6.04 Å². The number of methoxy groups -OCH3 is 1. The average molecular weight is 315 g/mol. The molecule has 0 radical (unpaired) electrons. The fourth-order valence-corrected chi connectivity index (χ4v) is 3.86. The van der Waals surface area contributed by atoms with Gasteiger partial charge in [0.1, 0.15) is 18.1 Å². The molecule has 1 aromatic carbocycles. The molecule has 23 heavy (non-hydrogen) atoms. The van der Waals surface area contributed by atoms with E-state index in [1.54, 1.807) is 7.11 Å². The van der Waals surface area contributed by atoms with Crippen LogP contribution in [0.5, 0.6) is 11.5 Å². The first-order valence-electron chi connectivity index (χ1n) is 8.39. The highest BCUT2D eigenvalue weighted by atomic mass is 16.5. The van der Waals surface area contributed by atoms with Crippen molar-refractivity contribution in [3.8, 4) is 11.5 Å². The van der Waals surface area contributed by atoms with Gasteiger partial charge in [0, 0.05) is 49.9 Å². The Morgan fingerprint density at radius 2 is 1.96 bits per heavy atom. The van der Waals surface area contributed by atoms with Crippen LogP contribution in [-0.4, -0.2) is 67.9 Å². The third-order valence-electron chi connectivity index (χ3n) is 5.16. The summed E-state index contributed by atoms with van der Waals surface area (Å²) in [5.41, 5.74) is 2.52. The summed E-state index contributed by atoms with van der Waals surface area (Å²) >= 11 is 0. The molecule has 2 aromatic rings. The lowest BCUT2D eigenvalue weighted by Gasteiger charge is -2.36. The lowest BCUT2D eigenvalue weighted by Crippen LogP contribution is -2.47. The fourth-order valence-electron chi connectivity index (χ4n) is 3.86. The molecule has 2 aliphatic heterocycles. The average Bonchev–Trinajstić information content (AvgIpc) is 2.89. The van der Waals surface area contributed by atoms with Gasteiger partial charge in [0.2, 0.25) is 0 Å². The van der Waals surface area contributed by atoms with E-state index < -0.39 is 0 Å². The highest BCUT2D eigenvalue weighted by molar-refractivity contribution is 5.89. The number of benzene rings is 1. The molecule has 0 N–H and O–H groups in total. The molecule has 1 aromatic heterocycles. The summed E-state index contributed by atoms with van der Waals surface area (Å²) in [5.74, 6) is 1.81. The lowest BCUT2D eigenvalue weighted by atomic mass is 10.1. The van der Waals surface area contributed by atoms with Gasteiger partial charge in [-0.3, -0.25) is 4.90 Å². The van der Waals surface area contributed by atoms with Crippen molar-refractivity contribution in [3.63, 3.8) is 0 Å². The van der Waals surface area contributed by atoms with Gasteiger partial charge in [-0.15, -0.1) is 0 Å². The highest BCUT2D eigenvalue weighted by Gasteiger charge is 2.27. The van der Waals surface area contributed by atoms with Gasteiger partial charge in [-0.1, -0.05) is 0 Å². The molecule has 5 heteroatoms. The maximum absolute atomic E-state index is 6.09. The second-order valence-corrected chi connectivity index (χ2v) is 6.79. The first-order chi connectivity index (χ1) is 11.2. The van der Waals surface area contributed by atoms with E-state index >= 15 is 0 Å². The number of aromatic nitrogens is 1. The maximum atomic E-state index is 6.09. The van der Waals surface area contributed by atoms with Crippen molar-refractivity contribution in [3.05, 3.63) is 23.9 Å². The van der Waals surface area contributed by atoms with Gasteiger partial charge in [-0.25, -0.2) is 0 Å². The van der Waals surface area contributed by atoms with E-state index in [2.05, 4.69) is 40.5 Å². The van der Waals surface area contributed by atoms with Crippen molar-refractivity contribution in [2.24, 2.45) is 0 Å². The van der Waals surface area contributed by atoms with Crippen molar-refractivity contribution in [1.29, 1.82) is 0 Å². The van der Waals surface area contributed by atoms with E-state index in [1.165, 1.54) is 16.6 Å². The van der Waals surface area contributed by atoms with Crippen molar-refractivity contribution in [2.45, 2.75) is 13.0 Å². The second-order valence-electron chi connectivity index (χ2n) is 6.79. The van der Waals surface area contributed by atoms with Crippen molar-refractivity contribution in [2.75, 3.05) is 53.5 Å². The topological polar surface area (TPSA) is 29.9 Å². The smallest absolute Gasteiger partial charge is 0.147 e. The van der Waals surface area contributed by atoms with Crippen LogP contribution in [0.15, 0.2) is 18.2 Å². The zero-order valence-electron chi connectivity index (χ0n) is 14.2. The molecule has 0 spiro atoms. The van der Waals surface area contributed by atoms with Crippen LogP contribution in [0, 0.1) is 6.92 Å². The number of aryl methyl sites for hydroxylation is 1. The normalized spacial score (nSPS) is 22.3. The van der Waals surface area contributed by atoms with Gasteiger partial charge < -0.3 is 18.9 Å². The minimum atomic E-state index is 0.386. The predicted molar refractivity (Wildman–Crippen MR) is 91.7 cm³/mol. The number of ether oxygens (including phenoxy) is 2. The molecular formula is C18H25N3O2.